The Hall–Kier alpha value is -1.74. The third-order valence-corrected chi connectivity index (χ3v) is 4.88. The molecule has 3 N–H and O–H groups in total. The summed E-state index contributed by atoms with van der Waals surface area (Å²) in [4.78, 5) is 14.5. The lowest BCUT2D eigenvalue weighted by Crippen LogP contribution is -2.26. The van der Waals surface area contributed by atoms with Gasteiger partial charge in [0.2, 0.25) is 0 Å². The van der Waals surface area contributed by atoms with Crippen LogP contribution in [0.5, 0.6) is 0 Å². The van der Waals surface area contributed by atoms with Crippen molar-refractivity contribution in [2.45, 2.75) is 32.1 Å². The third-order valence-electron chi connectivity index (χ3n) is 3.61. The van der Waals surface area contributed by atoms with Crippen molar-refractivity contribution < 1.29 is 4.79 Å². The summed E-state index contributed by atoms with van der Waals surface area (Å²) in [7, 11) is 1.57. The first-order valence-corrected chi connectivity index (χ1v) is 7.80. The summed E-state index contributed by atoms with van der Waals surface area (Å²) in [6, 6.07) is 2.16. The molecule has 1 aromatic heterocycles. The number of hydrogen-bond acceptors (Lipinski definition) is 5. The van der Waals surface area contributed by atoms with E-state index in [0.29, 0.717) is 16.1 Å². The molecule has 0 atom stereocenters. The van der Waals surface area contributed by atoms with E-state index in [1.54, 1.807) is 7.05 Å². The molecule has 0 spiro atoms. The van der Waals surface area contributed by atoms with E-state index in [1.165, 1.54) is 30.6 Å². The van der Waals surface area contributed by atoms with Gasteiger partial charge < -0.3 is 16.0 Å². The zero-order valence-electron chi connectivity index (χ0n) is 11.7. The molecule has 0 radical (unpaired) electrons. The molecule has 5 nitrogen and oxygen atoms in total. The Balaban J connectivity index is 2.34. The Morgan fingerprint density at radius 1 is 1.30 bits per heavy atom. The van der Waals surface area contributed by atoms with Gasteiger partial charge in [-0.05, 0) is 12.8 Å². The van der Waals surface area contributed by atoms with Crippen LogP contribution in [-0.4, -0.2) is 26.0 Å². The van der Waals surface area contributed by atoms with Crippen molar-refractivity contribution in [3.8, 4) is 6.07 Å². The number of nitrogen functional groups attached to an aromatic ring is 1. The summed E-state index contributed by atoms with van der Waals surface area (Å²) < 4.78 is 0. The quantitative estimate of drug-likeness (QED) is 0.876. The van der Waals surface area contributed by atoms with Crippen LogP contribution in [0.1, 0.15) is 47.3 Å². The number of amides is 1. The number of nitrogens with zero attached hydrogens (tertiary/aromatic N) is 2. The van der Waals surface area contributed by atoms with Gasteiger partial charge in [0, 0.05) is 20.1 Å². The van der Waals surface area contributed by atoms with Crippen molar-refractivity contribution in [2.75, 3.05) is 30.8 Å². The second kappa shape index (κ2) is 6.62. The van der Waals surface area contributed by atoms with Gasteiger partial charge in [0.15, 0.2) is 0 Å². The predicted octanol–water partition coefficient (Wildman–Crippen LogP) is 2.33. The normalized spacial score (nSPS) is 16.1. The fourth-order valence-electron chi connectivity index (χ4n) is 2.49. The van der Waals surface area contributed by atoms with E-state index in [1.807, 2.05) is 0 Å². The average molecular weight is 292 g/mol. The average Bonchev–Trinajstić information content (AvgIpc) is 2.74. The minimum absolute atomic E-state index is 0.220. The summed E-state index contributed by atoms with van der Waals surface area (Å²) in [5.74, 6) is -0.220. The van der Waals surface area contributed by atoms with Crippen LogP contribution in [0.3, 0.4) is 0 Å². The molecular formula is C14H20N4OS. The first-order valence-electron chi connectivity index (χ1n) is 6.98. The maximum Gasteiger partial charge on any atom is 0.263 e. The Labute approximate surface area is 123 Å². The number of anilines is 2. The molecule has 6 heteroatoms. The Bertz CT molecular complexity index is 524. The summed E-state index contributed by atoms with van der Waals surface area (Å²) in [5.41, 5.74) is 6.73. The zero-order chi connectivity index (χ0) is 14.5. The van der Waals surface area contributed by atoms with E-state index < -0.39 is 0 Å². The number of nitrogens with two attached hydrogens (primary N) is 1. The molecule has 1 aliphatic heterocycles. The molecular weight excluding hydrogens is 272 g/mol. The molecule has 1 fully saturated rings. The van der Waals surface area contributed by atoms with Crippen molar-refractivity contribution >= 4 is 27.9 Å². The Morgan fingerprint density at radius 2 is 1.90 bits per heavy atom. The van der Waals surface area contributed by atoms with E-state index >= 15 is 0 Å². The molecule has 1 aliphatic rings. The lowest BCUT2D eigenvalue weighted by Gasteiger charge is -2.25. The number of thiophene rings is 1. The lowest BCUT2D eigenvalue weighted by atomic mass is 10.1. The molecule has 0 aromatic carbocycles. The number of carbonyl (C=O) groups excluding carboxylic acids is 1. The van der Waals surface area contributed by atoms with Crippen molar-refractivity contribution in [3.05, 3.63) is 10.4 Å². The van der Waals surface area contributed by atoms with Crippen molar-refractivity contribution in [1.29, 1.82) is 5.26 Å². The predicted molar refractivity (Wildman–Crippen MR) is 82.1 cm³/mol. The topological polar surface area (TPSA) is 82.2 Å². The van der Waals surface area contributed by atoms with Gasteiger partial charge in [-0.2, -0.15) is 5.26 Å². The monoisotopic (exact) mass is 292 g/mol. The van der Waals surface area contributed by atoms with Crippen LogP contribution in [0, 0.1) is 11.3 Å². The molecule has 0 bridgehead atoms. The smallest absolute Gasteiger partial charge is 0.263 e. The number of nitrogens with one attached hydrogen (secondary N) is 1. The lowest BCUT2D eigenvalue weighted by molar-refractivity contribution is 0.0968. The van der Waals surface area contributed by atoms with E-state index in [2.05, 4.69) is 16.3 Å². The van der Waals surface area contributed by atoms with E-state index in [0.717, 1.165) is 30.9 Å². The number of hydrogen-bond donors (Lipinski definition) is 2. The van der Waals surface area contributed by atoms with Crippen molar-refractivity contribution in [1.82, 2.24) is 5.32 Å². The first kappa shape index (κ1) is 14.7. The van der Waals surface area contributed by atoms with Crippen LogP contribution in [0.15, 0.2) is 0 Å². The van der Waals surface area contributed by atoms with Crippen LogP contribution in [0.2, 0.25) is 0 Å². The molecule has 2 rings (SSSR count). The SMILES string of the molecule is CNC(=O)c1sc(N2CCCCCCC2)c(C#N)c1N. The van der Waals surface area contributed by atoms with Crippen LogP contribution in [-0.2, 0) is 0 Å². The van der Waals surface area contributed by atoms with Gasteiger partial charge in [0.05, 0.1) is 5.69 Å². The van der Waals surface area contributed by atoms with Gasteiger partial charge in [-0.3, -0.25) is 4.79 Å². The Morgan fingerprint density at radius 3 is 2.45 bits per heavy atom. The van der Waals surface area contributed by atoms with Gasteiger partial charge in [-0.25, -0.2) is 0 Å². The summed E-state index contributed by atoms with van der Waals surface area (Å²) in [5, 5.41) is 12.8. The number of carbonyl (C=O) groups is 1. The second-order valence-electron chi connectivity index (χ2n) is 4.97. The molecule has 0 unspecified atom stereocenters. The maximum atomic E-state index is 11.8. The van der Waals surface area contributed by atoms with Crippen molar-refractivity contribution in [3.63, 3.8) is 0 Å². The molecule has 1 aromatic rings. The minimum Gasteiger partial charge on any atom is -0.396 e. The van der Waals surface area contributed by atoms with Crippen molar-refractivity contribution in [2.24, 2.45) is 0 Å². The van der Waals surface area contributed by atoms with Crippen LogP contribution in [0.4, 0.5) is 10.7 Å². The van der Waals surface area contributed by atoms with Crippen LogP contribution < -0.4 is 16.0 Å². The molecule has 2 heterocycles. The van der Waals surface area contributed by atoms with E-state index in [4.69, 9.17) is 5.73 Å². The van der Waals surface area contributed by atoms with Gasteiger partial charge >= 0.3 is 0 Å². The fraction of sp³-hybridized carbons (Fsp3) is 0.571. The number of nitriles is 1. The zero-order valence-corrected chi connectivity index (χ0v) is 12.6. The maximum absolute atomic E-state index is 11.8. The minimum atomic E-state index is -0.220. The molecule has 1 saturated heterocycles. The van der Waals surface area contributed by atoms with Gasteiger partial charge in [0.1, 0.15) is 21.5 Å². The summed E-state index contributed by atoms with van der Waals surface area (Å²) >= 11 is 1.33. The summed E-state index contributed by atoms with van der Waals surface area (Å²) in [6.45, 7) is 1.86. The molecule has 20 heavy (non-hydrogen) atoms. The second-order valence-corrected chi connectivity index (χ2v) is 5.97. The number of rotatable bonds is 2. The van der Waals surface area contributed by atoms with Gasteiger partial charge in [-0.15, -0.1) is 11.3 Å². The van der Waals surface area contributed by atoms with Gasteiger partial charge in [-0.1, -0.05) is 19.3 Å². The summed E-state index contributed by atoms with van der Waals surface area (Å²) in [6.07, 6.45) is 5.98. The van der Waals surface area contributed by atoms with Crippen LogP contribution in [0.25, 0.3) is 0 Å². The molecule has 0 saturated carbocycles. The Kier molecular flexibility index (Phi) is 4.85. The van der Waals surface area contributed by atoms with E-state index in [9.17, 15) is 10.1 Å². The highest BCUT2D eigenvalue weighted by atomic mass is 32.1. The largest absolute Gasteiger partial charge is 0.396 e. The third kappa shape index (κ3) is 2.88. The highest BCUT2D eigenvalue weighted by molar-refractivity contribution is 7.19. The fourth-order valence-corrected chi connectivity index (χ4v) is 3.66. The standard InChI is InChI=1S/C14H20N4OS/c1-17-13(19)12-11(16)10(9-15)14(20-12)18-7-5-3-2-4-6-8-18/h2-8,16H2,1H3,(H,17,19). The highest BCUT2D eigenvalue weighted by Crippen LogP contribution is 2.38. The van der Waals surface area contributed by atoms with Gasteiger partial charge in [0.25, 0.3) is 5.91 Å². The molecule has 1 amide bonds. The highest BCUT2D eigenvalue weighted by Gasteiger charge is 2.24. The first-order chi connectivity index (χ1) is 9.69. The van der Waals surface area contributed by atoms with E-state index in [-0.39, 0.29) is 5.91 Å². The van der Waals surface area contributed by atoms with Crippen LogP contribution >= 0.6 is 11.3 Å². The molecule has 0 aliphatic carbocycles. The molecule has 108 valence electrons.